The standard InChI is InChI=1S/C16H14N2OS/c1-18-14-5-4-10(8-19)7-12(14)13-9-20-16-11(15(13)18)3-2-6-17-16/h2-7,19H,8-9H2,1H3. The molecule has 1 aliphatic rings. The van der Waals surface area contributed by atoms with Crippen molar-refractivity contribution in [3.05, 3.63) is 47.7 Å². The molecule has 1 aliphatic heterocycles. The van der Waals surface area contributed by atoms with Gasteiger partial charge in [-0.2, -0.15) is 0 Å². The maximum atomic E-state index is 9.34. The van der Waals surface area contributed by atoms with Gasteiger partial charge in [-0.1, -0.05) is 6.07 Å². The summed E-state index contributed by atoms with van der Waals surface area (Å²) in [7, 11) is 2.10. The van der Waals surface area contributed by atoms with Crippen LogP contribution in [0.1, 0.15) is 11.1 Å². The van der Waals surface area contributed by atoms with Crippen LogP contribution in [0.15, 0.2) is 41.6 Å². The molecular formula is C16H14N2OS. The van der Waals surface area contributed by atoms with Gasteiger partial charge in [0.2, 0.25) is 0 Å². The fourth-order valence-electron chi connectivity index (χ4n) is 2.98. The summed E-state index contributed by atoms with van der Waals surface area (Å²) in [6.07, 6.45) is 1.85. The molecule has 100 valence electrons. The van der Waals surface area contributed by atoms with Crippen molar-refractivity contribution in [1.29, 1.82) is 0 Å². The van der Waals surface area contributed by atoms with E-state index in [1.165, 1.54) is 27.7 Å². The molecule has 1 aromatic carbocycles. The molecule has 3 heterocycles. The predicted molar refractivity (Wildman–Crippen MR) is 81.6 cm³/mol. The summed E-state index contributed by atoms with van der Waals surface area (Å²) in [4.78, 5) is 4.47. The van der Waals surface area contributed by atoms with Crippen LogP contribution in [-0.4, -0.2) is 14.7 Å². The molecule has 20 heavy (non-hydrogen) atoms. The van der Waals surface area contributed by atoms with E-state index in [0.29, 0.717) is 0 Å². The lowest BCUT2D eigenvalue weighted by Crippen LogP contribution is -2.00. The molecule has 4 heteroatoms. The van der Waals surface area contributed by atoms with Crippen molar-refractivity contribution in [2.24, 2.45) is 7.05 Å². The molecule has 0 radical (unpaired) electrons. The van der Waals surface area contributed by atoms with Gasteiger partial charge in [0.15, 0.2) is 0 Å². The van der Waals surface area contributed by atoms with Gasteiger partial charge in [-0.05, 0) is 35.4 Å². The second-order valence-corrected chi connectivity index (χ2v) is 6.00. The molecule has 2 aromatic heterocycles. The van der Waals surface area contributed by atoms with Gasteiger partial charge in [0.05, 0.1) is 12.3 Å². The predicted octanol–water partition coefficient (Wildman–Crippen LogP) is 3.34. The zero-order chi connectivity index (χ0) is 13.7. The lowest BCUT2D eigenvalue weighted by Gasteiger charge is -2.16. The number of rotatable bonds is 1. The number of aryl methyl sites for hydroxylation is 1. The topological polar surface area (TPSA) is 38.0 Å². The van der Waals surface area contributed by atoms with Crippen LogP contribution in [-0.2, 0) is 19.4 Å². The lowest BCUT2D eigenvalue weighted by molar-refractivity contribution is 0.282. The molecule has 1 N–H and O–H groups in total. The van der Waals surface area contributed by atoms with Gasteiger partial charge in [-0.3, -0.25) is 0 Å². The Morgan fingerprint density at radius 3 is 3.10 bits per heavy atom. The van der Waals surface area contributed by atoms with Crippen LogP contribution in [0.4, 0.5) is 0 Å². The third kappa shape index (κ3) is 1.55. The Hall–Kier alpha value is -1.78. The second kappa shape index (κ2) is 4.36. The molecule has 3 aromatic rings. The van der Waals surface area contributed by atoms with Crippen molar-refractivity contribution in [3.63, 3.8) is 0 Å². The Bertz CT molecular complexity index is 823. The molecular weight excluding hydrogens is 268 g/mol. The Balaban J connectivity index is 2.09. The third-order valence-electron chi connectivity index (χ3n) is 3.93. The van der Waals surface area contributed by atoms with E-state index < -0.39 is 0 Å². The Kier molecular flexibility index (Phi) is 2.62. The molecule has 0 bridgehead atoms. The van der Waals surface area contributed by atoms with E-state index >= 15 is 0 Å². The van der Waals surface area contributed by atoms with Crippen LogP contribution < -0.4 is 0 Å². The highest BCUT2D eigenvalue weighted by Crippen LogP contribution is 2.44. The number of pyridine rings is 1. The molecule has 0 spiro atoms. The minimum atomic E-state index is 0.0882. The fourth-order valence-corrected chi connectivity index (χ4v) is 4.01. The zero-order valence-corrected chi connectivity index (χ0v) is 11.9. The average molecular weight is 282 g/mol. The minimum absolute atomic E-state index is 0.0882. The second-order valence-electron chi connectivity index (χ2n) is 5.04. The number of benzene rings is 1. The molecule has 0 unspecified atom stereocenters. The smallest absolute Gasteiger partial charge is 0.106 e. The van der Waals surface area contributed by atoms with Gasteiger partial charge < -0.3 is 9.67 Å². The first kappa shape index (κ1) is 12.0. The van der Waals surface area contributed by atoms with Crippen LogP contribution in [0.2, 0.25) is 0 Å². The normalized spacial score (nSPS) is 13.3. The van der Waals surface area contributed by atoms with Crippen molar-refractivity contribution >= 4 is 22.7 Å². The summed E-state index contributed by atoms with van der Waals surface area (Å²) in [6, 6.07) is 10.3. The van der Waals surface area contributed by atoms with Crippen molar-refractivity contribution < 1.29 is 5.11 Å². The summed E-state index contributed by atoms with van der Waals surface area (Å²) in [6.45, 7) is 0.0882. The van der Waals surface area contributed by atoms with E-state index in [4.69, 9.17) is 0 Å². The van der Waals surface area contributed by atoms with Gasteiger partial charge in [-0.25, -0.2) is 4.98 Å². The minimum Gasteiger partial charge on any atom is -0.392 e. The van der Waals surface area contributed by atoms with Crippen LogP contribution in [0.5, 0.6) is 0 Å². The average Bonchev–Trinajstić information content (AvgIpc) is 2.80. The van der Waals surface area contributed by atoms with Crippen LogP contribution >= 0.6 is 11.8 Å². The van der Waals surface area contributed by atoms with Gasteiger partial charge in [-0.15, -0.1) is 11.8 Å². The van der Waals surface area contributed by atoms with Gasteiger partial charge in [0.25, 0.3) is 0 Å². The molecule has 0 aliphatic carbocycles. The van der Waals surface area contributed by atoms with Crippen LogP contribution in [0, 0.1) is 0 Å². The molecule has 0 amide bonds. The summed E-state index contributed by atoms with van der Waals surface area (Å²) in [5, 5.41) is 11.7. The van der Waals surface area contributed by atoms with E-state index in [2.05, 4.69) is 34.8 Å². The van der Waals surface area contributed by atoms with Gasteiger partial charge >= 0.3 is 0 Å². The van der Waals surface area contributed by atoms with E-state index in [-0.39, 0.29) is 6.61 Å². The fraction of sp³-hybridized carbons (Fsp3) is 0.188. The Morgan fingerprint density at radius 1 is 1.35 bits per heavy atom. The Labute approximate surface area is 121 Å². The number of aliphatic hydroxyl groups is 1. The summed E-state index contributed by atoms with van der Waals surface area (Å²) >= 11 is 1.79. The summed E-state index contributed by atoms with van der Waals surface area (Å²) < 4.78 is 2.24. The Morgan fingerprint density at radius 2 is 2.25 bits per heavy atom. The first-order valence-electron chi connectivity index (χ1n) is 6.59. The highest BCUT2D eigenvalue weighted by molar-refractivity contribution is 7.98. The zero-order valence-electron chi connectivity index (χ0n) is 11.1. The van der Waals surface area contributed by atoms with Crippen molar-refractivity contribution in [2.45, 2.75) is 17.4 Å². The molecule has 3 nitrogen and oxygen atoms in total. The first-order valence-corrected chi connectivity index (χ1v) is 7.57. The summed E-state index contributed by atoms with van der Waals surface area (Å²) in [5.74, 6) is 0.936. The third-order valence-corrected chi connectivity index (χ3v) is 4.96. The SMILES string of the molecule is Cn1c2c(c3cc(CO)ccc31)CSc1ncccc1-2. The van der Waals surface area contributed by atoms with Crippen molar-refractivity contribution in [1.82, 2.24) is 9.55 Å². The molecule has 0 fully saturated rings. The number of fused-ring (bicyclic) bond motifs is 5. The monoisotopic (exact) mass is 282 g/mol. The van der Waals surface area contributed by atoms with E-state index in [1.807, 2.05) is 18.3 Å². The van der Waals surface area contributed by atoms with E-state index in [9.17, 15) is 5.11 Å². The highest BCUT2D eigenvalue weighted by Gasteiger charge is 2.24. The molecule has 4 rings (SSSR count). The van der Waals surface area contributed by atoms with Crippen molar-refractivity contribution in [2.75, 3.05) is 0 Å². The number of hydrogen-bond donors (Lipinski definition) is 1. The summed E-state index contributed by atoms with van der Waals surface area (Å²) in [5.41, 5.74) is 6.00. The van der Waals surface area contributed by atoms with Crippen LogP contribution in [0.3, 0.4) is 0 Å². The van der Waals surface area contributed by atoms with Gasteiger partial charge in [0, 0.05) is 35.5 Å². The lowest BCUT2D eigenvalue weighted by atomic mass is 10.1. The first-order chi connectivity index (χ1) is 9.79. The highest BCUT2D eigenvalue weighted by atomic mass is 32.2. The number of nitrogens with zero attached hydrogens (tertiary/aromatic N) is 2. The molecule has 0 saturated carbocycles. The molecule has 0 atom stereocenters. The maximum absolute atomic E-state index is 9.34. The quantitative estimate of drug-likeness (QED) is 0.744. The maximum Gasteiger partial charge on any atom is 0.106 e. The largest absolute Gasteiger partial charge is 0.392 e. The van der Waals surface area contributed by atoms with Crippen molar-refractivity contribution in [3.8, 4) is 11.3 Å². The number of hydrogen-bond acceptors (Lipinski definition) is 3. The molecule has 0 saturated heterocycles. The van der Waals surface area contributed by atoms with E-state index in [0.717, 1.165) is 16.3 Å². The number of aliphatic hydroxyl groups excluding tert-OH is 1. The van der Waals surface area contributed by atoms with E-state index in [1.54, 1.807) is 11.8 Å². The number of aromatic nitrogens is 2. The van der Waals surface area contributed by atoms with Gasteiger partial charge in [0.1, 0.15) is 5.03 Å². The number of thioether (sulfide) groups is 1. The van der Waals surface area contributed by atoms with Crippen LogP contribution in [0.25, 0.3) is 22.2 Å².